The van der Waals surface area contributed by atoms with E-state index in [-0.39, 0.29) is 13.0 Å². The number of alkyl halides is 2. The van der Waals surface area contributed by atoms with Crippen LogP contribution < -0.4 is 5.32 Å². The van der Waals surface area contributed by atoms with Gasteiger partial charge in [0, 0.05) is 6.92 Å². The predicted molar refractivity (Wildman–Crippen MR) is 69.4 cm³/mol. The number of carbonyl (C=O) groups excluding carboxylic acids is 1. The van der Waals surface area contributed by atoms with E-state index in [0.717, 1.165) is 0 Å². The van der Waals surface area contributed by atoms with Crippen molar-refractivity contribution in [1.29, 1.82) is 0 Å². The van der Waals surface area contributed by atoms with Gasteiger partial charge in [-0.1, -0.05) is 0 Å². The van der Waals surface area contributed by atoms with Gasteiger partial charge in [0.05, 0.1) is 17.1 Å². The summed E-state index contributed by atoms with van der Waals surface area (Å²) in [4.78, 5) is 20.2. The standard InChI is InChI=1S/C5H9F2NO2.C4H8O2S2/c1-3-10-4(9)8-5(2,6)7;1-4(7,8)2-3(5)6/h3H2,1-2H3,(H,8,9);7-8H,2H2,1H3,(H,5,6). The quantitative estimate of drug-likeness (QED) is 0.365. The number of hydrogen-bond acceptors (Lipinski definition) is 5. The first-order valence-electron chi connectivity index (χ1n) is 4.86. The average Bonchev–Trinajstić information content (AvgIpc) is 1.95. The molecule has 0 radical (unpaired) electrons. The van der Waals surface area contributed by atoms with Crippen molar-refractivity contribution >= 4 is 37.3 Å². The number of alkyl carbamates (subject to hydrolysis) is 1. The molecular formula is C9H17F2NO4S2. The van der Waals surface area contributed by atoms with Gasteiger partial charge in [-0.3, -0.25) is 10.1 Å². The second kappa shape index (κ2) is 8.41. The number of carboxylic acid groups (broad SMARTS) is 1. The molecule has 0 aromatic rings. The van der Waals surface area contributed by atoms with Crippen molar-refractivity contribution in [2.75, 3.05) is 6.61 Å². The smallest absolute Gasteiger partial charge is 0.411 e. The maximum atomic E-state index is 11.9. The van der Waals surface area contributed by atoms with E-state index in [0.29, 0.717) is 6.92 Å². The Labute approximate surface area is 115 Å². The largest absolute Gasteiger partial charge is 0.481 e. The highest BCUT2D eigenvalue weighted by molar-refractivity contribution is 8.00. The second-order valence-electron chi connectivity index (χ2n) is 3.52. The van der Waals surface area contributed by atoms with Gasteiger partial charge in [-0.15, -0.1) is 0 Å². The Morgan fingerprint density at radius 3 is 1.94 bits per heavy atom. The molecular weight excluding hydrogens is 288 g/mol. The molecule has 0 aliphatic rings. The topological polar surface area (TPSA) is 75.6 Å². The zero-order valence-corrected chi connectivity index (χ0v) is 12.0. The van der Waals surface area contributed by atoms with Crippen molar-refractivity contribution in [3.8, 4) is 0 Å². The average molecular weight is 305 g/mol. The third kappa shape index (κ3) is 20.7. The first-order chi connectivity index (χ1) is 7.87. The highest BCUT2D eigenvalue weighted by Crippen LogP contribution is 2.21. The number of carboxylic acids is 1. The summed E-state index contributed by atoms with van der Waals surface area (Å²) in [5.41, 5.74) is 0. The molecule has 0 unspecified atom stereocenters. The third-order valence-corrected chi connectivity index (χ3v) is 1.40. The molecule has 0 aliphatic carbocycles. The van der Waals surface area contributed by atoms with Crippen LogP contribution in [0.15, 0.2) is 0 Å². The molecule has 0 heterocycles. The highest BCUT2D eigenvalue weighted by Gasteiger charge is 2.23. The van der Waals surface area contributed by atoms with Crippen LogP contribution >= 0.6 is 25.3 Å². The first kappa shape index (κ1) is 19.6. The number of carbonyl (C=O) groups is 2. The number of hydrogen-bond donors (Lipinski definition) is 4. The van der Waals surface area contributed by atoms with E-state index < -0.39 is 22.2 Å². The van der Waals surface area contributed by atoms with Crippen molar-refractivity contribution < 1.29 is 28.2 Å². The van der Waals surface area contributed by atoms with E-state index >= 15 is 0 Å². The number of aliphatic carboxylic acids is 1. The zero-order chi connectivity index (χ0) is 15.0. The van der Waals surface area contributed by atoms with Crippen LogP contribution in [0.1, 0.15) is 27.2 Å². The molecule has 0 aromatic heterocycles. The molecule has 0 spiro atoms. The predicted octanol–water partition coefficient (Wildman–Crippen LogP) is 2.38. The van der Waals surface area contributed by atoms with Crippen LogP contribution in [0.5, 0.6) is 0 Å². The van der Waals surface area contributed by atoms with Crippen LogP contribution in [0.25, 0.3) is 0 Å². The molecule has 18 heavy (non-hydrogen) atoms. The second-order valence-corrected chi connectivity index (χ2v) is 5.85. The lowest BCUT2D eigenvalue weighted by atomic mass is 10.3. The Bertz CT molecular complexity index is 277. The van der Waals surface area contributed by atoms with Crippen LogP contribution in [0.4, 0.5) is 13.6 Å². The minimum absolute atomic E-state index is 0.0285. The van der Waals surface area contributed by atoms with Gasteiger partial charge in [0.25, 0.3) is 0 Å². The molecule has 0 atom stereocenters. The third-order valence-electron chi connectivity index (χ3n) is 1.08. The van der Waals surface area contributed by atoms with Gasteiger partial charge < -0.3 is 9.84 Å². The summed E-state index contributed by atoms with van der Waals surface area (Å²) in [7, 11) is 0. The molecule has 0 rings (SSSR count). The molecule has 108 valence electrons. The molecule has 0 aliphatic heterocycles. The number of halogens is 2. The first-order valence-corrected chi connectivity index (χ1v) is 5.76. The minimum Gasteiger partial charge on any atom is -0.481 e. The Hall–Kier alpha value is -0.700. The van der Waals surface area contributed by atoms with Crippen LogP contribution in [0.2, 0.25) is 0 Å². The summed E-state index contributed by atoms with van der Waals surface area (Å²) in [5.74, 6) is -0.877. The Morgan fingerprint density at radius 2 is 1.78 bits per heavy atom. The normalized spacial score (nSPS) is 11.1. The van der Waals surface area contributed by atoms with Crippen LogP contribution in [-0.4, -0.2) is 33.9 Å². The number of rotatable bonds is 4. The lowest BCUT2D eigenvalue weighted by Crippen LogP contribution is -2.38. The monoisotopic (exact) mass is 305 g/mol. The van der Waals surface area contributed by atoms with E-state index in [1.165, 1.54) is 12.2 Å². The molecule has 0 aromatic carbocycles. The Morgan fingerprint density at radius 1 is 1.33 bits per heavy atom. The van der Waals surface area contributed by atoms with Gasteiger partial charge in [0.15, 0.2) is 0 Å². The zero-order valence-electron chi connectivity index (χ0n) is 10.2. The fourth-order valence-corrected chi connectivity index (χ4v) is 0.903. The number of nitrogens with one attached hydrogen (secondary N) is 1. The molecule has 0 saturated carbocycles. The fraction of sp³-hybridized carbons (Fsp3) is 0.778. The van der Waals surface area contributed by atoms with Gasteiger partial charge in [0.2, 0.25) is 0 Å². The Kier molecular flexibility index (Phi) is 9.17. The fourth-order valence-electron chi connectivity index (χ4n) is 0.633. The highest BCUT2D eigenvalue weighted by atomic mass is 32.2. The van der Waals surface area contributed by atoms with Gasteiger partial charge in [-0.25, -0.2) is 4.79 Å². The molecule has 1 amide bonds. The molecule has 0 saturated heterocycles. The summed E-state index contributed by atoms with van der Waals surface area (Å²) < 4.78 is 27.3. The summed E-state index contributed by atoms with van der Waals surface area (Å²) in [6.07, 6.45) is -1.13. The van der Waals surface area contributed by atoms with Crippen molar-refractivity contribution in [3.05, 3.63) is 0 Å². The molecule has 9 heteroatoms. The van der Waals surface area contributed by atoms with E-state index in [2.05, 4.69) is 30.0 Å². The molecule has 0 fully saturated rings. The number of thiol groups is 2. The lowest BCUT2D eigenvalue weighted by molar-refractivity contribution is -0.137. The van der Waals surface area contributed by atoms with Crippen molar-refractivity contribution in [1.82, 2.24) is 5.32 Å². The van der Waals surface area contributed by atoms with Crippen molar-refractivity contribution in [3.63, 3.8) is 0 Å². The molecule has 2 N–H and O–H groups in total. The summed E-state index contributed by atoms with van der Waals surface area (Å²) in [5, 5.41) is 9.48. The van der Waals surface area contributed by atoms with E-state index in [1.54, 1.807) is 6.92 Å². The van der Waals surface area contributed by atoms with Crippen molar-refractivity contribution in [2.24, 2.45) is 0 Å². The van der Waals surface area contributed by atoms with E-state index in [4.69, 9.17) is 5.11 Å². The van der Waals surface area contributed by atoms with E-state index in [1.807, 2.05) is 0 Å². The van der Waals surface area contributed by atoms with Crippen LogP contribution in [-0.2, 0) is 9.53 Å². The summed E-state index contributed by atoms with van der Waals surface area (Å²) in [6.45, 7) is 3.83. The van der Waals surface area contributed by atoms with Gasteiger partial charge in [-0.05, 0) is 13.8 Å². The SMILES string of the molecule is CC(S)(S)CC(=O)O.CCOC(=O)NC(C)(F)F. The number of amides is 1. The maximum absolute atomic E-state index is 11.9. The molecule has 0 bridgehead atoms. The van der Waals surface area contributed by atoms with Crippen molar-refractivity contribution in [2.45, 2.75) is 37.3 Å². The van der Waals surface area contributed by atoms with Crippen LogP contribution in [0.3, 0.4) is 0 Å². The molecule has 5 nitrogen and oxygen atoms in total. The van der Waals surface area contributed by atoms with Gasteiger partial charge in [-0.2, -0.15) is 34.0 Å². The summed E-state index contributed by atoms with van der Waals surface area (Å²) >= 11 is 7.75. The number of ether oxygens (including phenoxy) is 1. The Balaban J connectivity index is 0. The van der Waals surface area contributed by atoms with Gasteiger partial charge in [0.1, 0.15) is 0 Å². The summed E-state index contributed by atoms with van der Waals surface area (Å²) in [6, 6.07) is -3.20. The lowest BCUT2D eigenvalue weighted by Gasteiger charge is -2.11. The maximum Gasteiger partial charge on any atom is 0.411 e. The van der Waals surface area contributed by atoms with E-state index in [9.17, 15) is 18.4 Å². The van der Waals surface area contributed by atoms with Gasteiger partial charge >= 0.3 is 18.1 Å². The minimum atomic E-state index is -3.20. The van der Waals surface area contributed by atoms with Crippen LogP contribution in [0, 0.1) is 0 Å².